The van der Waals surface area contributed by atoms with Gasteiger partial charge in [0.15, 0.2) is 0 Å². The molecule has 0 saturated heterocycles. The Bertz CT molecular complexity index is 765. The minimum atomic E-state index is -3.69. The zero-order valence-electron chi connectivity index (χ0n) is 11.1. The molecule has 0 aliphatic rings. The minimum Gasteiger partial charge on any atom is -0.207 e. The third kappa shape index (κ3) is 3.74. The number of nitrogens with zero attached hydrogens (tertiary/aromatic N) is 1. The molecular formula is C14H12Cl2FNO2S. The van der Waals surface area contributed by atoms with Crippen molar-refractivity contribution in [2.24, 2.45) is 0 Å². The fraction of sp³-hybridized carbons (Fsp3) is 0.143. The second kappa shape index (κ2) is 6.32. The lowest BCUT2D eigenvalue weighted by atomic mass is 10.2. The zero-order valence-corrected chi connectivity index (χ0v) is 13.4. The first-order valence-electron chi connectivity index (χ1n) is 5.96. The first kappa shape index (κ1) is 16.2. The normalized spacial score (nSPS) is 11.9. The molecule has 2 rings (SSSR count). The zero-order chi connectivity index (χ0) is 15.6. The fourth-order valence-corrected chi connectivity index (χ4v) is 3.46. The summed E-state index contributed by atoms with van der Waals surface area (Å²) in [6.45, 7) is 0.0357. The molecule has 3 nitrogen and oxygen atoms in total. The molecule has 0 N–H and O–H groups in total. The maximum absolute atomic E-state index is 13.0. The molecular weight excluding hydrogens is 336 g/mol. The first-order chi connectivity index (χ1) is 9.80. The van der Waals surface area contributed by atoms with E-state index in [1.165, 1.54) is 31.3 Å². The molecule has 0 bridgehead atoms. The van der Waals surface area contributed by atoms with Gasteiger partial charge in [-0.3, -0.25) is 0 Å². The van der Waals surface area contributed by atoms with Crippen molar-refractivity contribution in [2.75, 3.05) is 7.05 Å². The van der Waals surface area contributed by atoms with E-state index in [0.29, 0.717) is 10.6 Å². The van der Waals surface area contributed by atoms with E-state index in [2.05, 4.69) is 0 Å². The number of sulfonamides is 1. The van der Waals surface area contributed by atoms with Gasteiger partial charge in [-0.15, -0.1) is 0 Å². The molecule has 0 atom stereocenters. The summed E-state index contributed by atoms with van der Waals surface area (Å²) < 4.78 is 39.0. The van der Waals surface area contributed by atoms with Gasteiger partial charge in [0.1, 0.15) is 5.82 Å². The Morgan fingerprint density at radius 3 is 2.48 bits per heavy atom. The van der Waals surface area contributed by atoms with Crippen LogP contribution in [0.25, 0.3) is 0 Å². The largest absolute Gasteiger partial charge is 0.243 e. The van der Waals surface area contributed by atoms with Gasteiger partial charge in [0.2, 0.25) is 10.0 Å². The third-order valence-electron chi connectivity index (χ3n) is 2.91. The number of halogens is 3. The van der Waals surface area contributed by atoms with E-state index in [1.54, 1.807) is 12.1 Å². The molecule has 112 valence electrons. The lowest BCUT2D eigenvalue weighted by molar-refractivity contribution is 0.466. The Kier molecular flexibility index (Phi) is 4.88. The molecule has 7 heteroatoms. The predicted molar refractivity (Wildman–Crippen MR) is 81.5 cm³/mol. The van der Waals surface area contributed by atoms with Crippen LogP contribution in [0.1, 0.15) is 5.56 Å². The summed E-state index contributed by atoms with van der Waals surface area (Å²) in [5.74, 6) is -0.468. The van der Waals surface area contributed by atoms with Gasteiger partial charge in [-0.05, 0) is 35.9 Å². The van der Waals surface area contributed by atoms with Crippen molar-refractivity contribution in [3.05, 3.63) is 63.9 Å². The maximum Gasteiger partial charge on any atom is 0.243 e. The third-order valence-corrected chi connectivity index (χ3v) is 5.30. The first-order valence-corrected chi connectivity index (χ1v) is 8.16. The molecule has 2 aromatic carbocycles. The van der Waals surface area contributed by atoms with Gasteiger partial charge in [0, 0.05) is 23.6 Å². The van der Waals surface area contributed by atoms with Gasteiger partial charge in [0.05, 0.1) is 4.90 Å². The van der Waals surface area contributed by atoms with Crippen LogP contribution in [-0.4, -0.2) is 19.8 Å². The molecule has 0 fully saturated rings. The quantitative estimate of drug-likeness (QED) is 0.839. The molecule has 0 amide bonds. The van der Waals surface area contributed by atoms with Crippen LogP contribution in [0.4, 0.5) is 4.39 Å². The topological polar surface area (TPSA) is 37.4 Å². The Morgan fingerprint density at radius 2 is 1.86 bits per heavy atom. The van der Waals surface area contributed by atoms with E-state index in [0.717, 1.165) is 10.4 Å². The lowest BCUT2D eigenvalue weighted by Gasteiger charge is -2.18. The summed E-state index contributed by atoms with van der Waals surface area (Å²) in [5, 5.41) is 0.521. The van der Waals surface area contributed by atoms with Crippen LogP contribution in [0.15, 0.2) is 47.4 Å². The molecule has 0 aliphatic carbocycles. The summed E-state index contributed by atoms with van der Waals surface area (Å²) in [7, 11) is -2.26. The smallest absolute Gasteiger partial charge is 0.207 e. The average molecular weight is 348 g/mol. The van der Waals surface area contributed by atoms with Gasteiger partial charge in [0.25, 0.3) is 0 Å². The van der Waals surface area contributed by atoms with Crippen molar-refractivity contribution in [3.8, 4) is 0 Å². The van der Waals surface area contributed by atoms with E-state index in [1.807, 2.05) is 0 Å². The van der Waals surface area contributed by atoms with E-state index < -0.39 is 15.8 Å². The lowest BCUT2D eigenvalue weighted by Crippen LogP contribution is -2.26. The Labute approximate surface area is 133 Å². The predicted octanol–water partition coefficient (Wildman–Crippen LogP) is 3.95. The summed E-state index contributed by atoms with van der Waals surface area (Å²) in [6.07, 6.45) is 0. The Morgan fingerprint density at radius 1 is 1.14 bits per heavy atom. The van der Waals surface area contributed by atoms with Crippen LogP contribution in [0.5, 0.6) is 0 Å². The standard InChI is InChI=1S/C14H12Cl2FNO2S/c1-18(9-10-5-6-12(17)8-14(10)16)21(19,20)13-4-2-3-11(15)7-13/h2-8H,9H2,1H3. The highest BCUT2D eigenvalue weighted by atomic mass is 35.5. The average Bonchev–Trinajstić information content (AvgIpc) is 2.41. The van der Waals surface area contributed by atoms with Crippen LogP contribution >= 0.6 is 23.2 Å². The number of rotatable bonds is 4. The molecule has 2 aromatic rings. The van der Waals surface area contributed by atoms with Gasteiger partial charge in [-0.25, -0.2) is 12.8 Å². The van der Waals surface area contributed by atoms with Gasteiger partial charge in [-0.1, -0.05) is 35.3 Å². The highest BCUT2D eigenvalue weighted by molar-refractivity contribution is 7.89. The summed E-state index contributed by atoms with van der Waals surface area (Å²) in [4.78, 5) is 0.0933. The van der Waals surface area contributed by atoms with Crippen LogP contribution in [0, 0.1) is 5.82 Å². The van der Waals surface area contributed by atoms with Crippen LogP contribution in [0.3, 0.4) is 0 Å². The molecule has 0 heterocycles. The summed E-state index contributed by atoms with van der Waals surface area (Å²) in [6, 6.07) is 9.84. The summed E-state index contributed by atoms with van der Waals surface area (Å²) in [5.41, 5.74) is 0.520. The molecule has 0 radical (unpaired) electrons. The Balaban J connectivity index is 2.28. The number of hydrogen-bond donors (Lipinski definition) is 0. The Hall–Kier alpha value is -1.14. The van der Waals surface area contributed by atoms with E-state index in [-0.39, 0.29) is 16.5 Å². The van der Waals surface area contributed by atoms with E-state index >= 15 is 0 Å². The second-order valence-electron chi connectivity index (χ2n) is 4.45. The molecule has 0 unspecified atom stereocenters. The van der Waals surface area contributed by atoms with Crippen molar-refractivity contribution < 1.29 is 12.8 Å². The molecule has 0 aliphatic heterocycles. The van der Waals surface area contributed by atoms with Gasteiger partial charge < -0.3 is 0 Å². The molecule has 21 heavy (non-hydrogen) atoms. The fourth-order valence-electron chi connectivity index (χ4n) is 1.78. The molecule has 0 spiro atoms. The van der Waals surface area contributed by atoms with Crippen LogP contribution in [-0.2, 0) is 16.6 Å². The summed E-state index contributed by atoms with van der Waals surface area (Å²) >= 11 is 11.7. The number of benzene rings is 2. The minimum absolute atomic E-state index is 0.0357. The van der Waals surface area contributed by atoms with Crippen LogP contribution in [0.2, 0.25) is 10.0 Å². The van der Waals surface area contributed by atoms with Crippen molar-refractivity contribution in [3.63, 3.8) is 0 Å². The second-order valence-corrected chi connectivity index (χ2v) is 7.34. The van der Waals surface area contributed by atoms with Crippen molar-refractivity contribution in [1.82, 2.24) is 4.31 Å². The maximum atomic E-state index is 13.0. The highest BCUT2D eigenvalue weighted by Crippen LogP contribution is 2.23. The molecule has 0 aromatic heterocycles. The van der Waals surface area contributed by atoms with E-state index in [9.17, 15) is 12.8 Å². The van der Waals surface area contributed by atoms with Crippen molar-refractivity contribution >= 4 is 33.2 Å². The monoisotopic (exact) mass is 347 g/mol. The van der Waals surface area contributed by atoms with E-state index in [4.69, 9.17) is 23.2 Å². The van der Waals surface area contributed by atoms with Crippen molar-refractivity contribution in [2.45, 2.75) is 11.4 Å². The highest BCUT2D eigenvalue weighted by Gasteiger charge is 2.21. The number of hydrogen-bond acceptors (Lipinski definition) is 2. The SMILES string of the molecule is CN(Cc1ccc(F)cc1Cl)S(=O)(=O)c1cccc(Cl)c1. The molecule has 0 saturated carbocycles. The van der Waals surface area contributed by atoms with Gasteiger partial charge >= 0.3 is 0 Å². The van der Waals surface area contributed by atoms with Gasteiger partial charge in [-0.2, -0.15) is 4.31 Å². The van der Waals surface area contributed by atoms with Crippen molar-refractivity contribution in [1.29, 1.82) is 0 Å². The van der Waals surface area contributed by atoms with Crippen LogP contribution < -0.4 is 0 Å².